The van der Waals surface area contributed by atoms with Gasteiger partial charge < -0.3 is 30.2 Å². The molecule has 0 fully saturated rings. The molecule has 0 aliphatic carbocycles. The quantitative estimate of drug-likeness (QED) is 0.222. The number of nitrogens with one attached hydrogen (secondary N) is 3. The Labute approximate surface area is 235 Å². The number of carbonyl (C=O) groups is 3. The zero-order valence-electron chi connectivity index (χ0n) is 21.4. The number of methoxy groups -OCH3 is 1. The molecule has 2 aromatic carbocycles. The number of benzene rings is 2. The van der Waals surface area contributed by atoms with E-state index in [1.807, 2.05) is 0 Å². The molecule has 11 nitrogen and oxygen atoms in total. The summed E-state index contributed by atoms with van der Waals surface area (Å²) in [5, 5.41) is 9.07. The van der Waals surface area contributed by atoms with Gasteiger partial charge in [0.05, 0.1) is 29.4 Å². The van der Waals surface area contributed by atoms with Crippen LogP contribution in [0.3, 0.4) is 0 Å². The molecule has 13 heteroatoms. The van der Waals surface area contributed by atoms with E-state index >= 15 is 0 Å². The number of nitrogens with zero attached hydrogens (tertiary/aromatic N) is 2. The van der Waals surface area contributed by atoms with Gasteiger partial charge in [-0.1, -0.05) is 29.3 Å². The zero-order valence-corrected chi connectivity index (χ0v) is 22.9. The molecule has 0 unspecified atom stereocenters. The average Bonchev–Trinajstić information content (AvgIpc) is 2.93. The van der Waals surface area contributed by atoms with E-state index in [1.54, 1.807) is 55.6 Å². The highest BCUT2D eigenvalue weighted by Gasteiger charge is 2.19. The predicted molar refractivity (Wildman–Crippen MR) is 149 cm³/mol. The van der Waals surface area contributed by atoms with Gasteiger partial charge in [0, 0.05) is 30.1 Å². The standard InChI is InChI=1S/C26H27Cl2N5O6/c1-29-13-23(34)38-14-17-5-4-10-30-24(17)33(2)26(36)39-15-31-21-11-16(6-9-22(21)37-3)25(35)32-18-7-8-19(27)20(28)12-18/h4-12,29,31H,13-15H2,1-3H3,(H,32,35). The summed E-state index contributed by atoms with van der Waals surface area (Å²) in [5.74, 6) is -0.128. The van der Waals surface area contributed by atoms with Crippen LogP contribution in [0.5, 0.6) is 5.75 Å². The van der Waals surface area contributed by atoms with Gasteiger partial charge in [0.2, 0.25) is 0 Å². The molecule has 0 aliphatic rings. The normalized spacial score (nSPS) is 10.4. The fourth-order valence-electron chi connectivity index (χ4n) is 3.32. The second-order valence-corrected chi connectivity index (χ2v) is 8.78. The zero-order chi connectivity index (χ0) is 28.4. The number of anilines is 3. The molecule has 0 saturated heterocycles. The summed E-state index contributed by atoms with van der Waals surface area (Å²) in [7, 11) is 4.59. The second kappa shape index (κ2) is 14.2. The van der Waals surface area contributed by atoms with Crippen molar-refractivity contribution in [3.05, 3.63) is 75.9 Å². The lowest BCUT2D eigenvalue weighted by Crippen LogP contribution is -2.30. The lowest BCUT2D eigenvalue weighted by molar-refractivity contribution is -0.143. The summed E-state index contributed by atoms with van der Waals surface area (Å²) in [6, 6.07) is 12.9. The van der Waals surface area contributed by atoms with Crippen molar-refractivity contribution in [1.29, 1.82) is 0 Å². The summed E-state index contributed by atoms with van der Waals surface area (Å²) in [5.41, 5.74) is 1.74. The number of rotatable bonds is 11. The maximum atomic E-state index is 12.8. The molecule has 0 aliphatic heterocycles. The number of esters is 1. The van der Waals surface area contributed by atoms with Gasteiger partial charge in [-0.25, -0.2) is 9.78 Å². The van der Waals surface area contributed by atoms with Gasteiger partial charge in [-0.3, -0.25) is 14.5 Å². The molecule has 3 N–H and O–H groups in total. The Balaban J connectivity index is 1.62. The van der Waals surface area contributed by atoms with Crippen LogP contribution in [0.15, 0.2) is 54.7 Å². The molecule has 0 atom stereocenters. The van der Waals surface area contributed by atoms with Gasteiger partial charge in [-0.15, -0.1) is 0 Å². The Morgan fingerprint density at radius 2 is 1.82 bits per heavy atom. The van der Waals surface area contributed by atoms with Crippen LogP contribution in [0.4, 0.5) is 22.0 Å². The van der Waals surface area contributed by atoms with E-state index in [-0.39, 0.29) is 25.7 Å². The van der Waals surface area contributed by atoms with E-state index in [4.69, 9.17) is 37.4 Å². The van der Waals surface area contributed by atoms with Crippen molar-refractivity contribution in [3.8, 4) is 5.75 Å². The van der Waals surface area contributed by atoms with Gasteiger partial charge in [0.25, 0.3) is 5.91 Å². The summed E-state index contributed by atoms with van der Waals surface area (Å²) in [6.45, 7) is -0.245. The van der Waals surface area contributed by atoms with Crippen LogP contribution in [0.1, 0.15) is 15.9 Å². The van der Waals surface area contributed by atoms with E-state index in [0.717, 1.165) is 0 Å². The minimum absolute atomic E-state index is 0.0565. The highest BCUT2D eigenvalue weighted by Crippen LogP contribution is 2.28. The Hall–Kier alpha value is -4.06. The summed E-state index contributed by atoms with van der Waals surface area (Å²) in [4.78, 5) is 42.6. The molecule has 1 aromatic heterocycles. The highest BCUT2D eigenvalue weighted by molar-refractivity contribution is 6.42. The average molecular weight is 576 g/mol. The molecule has 206 valence electrons. The topological polar surface area (TPSA) is 131 Å². The predicted octanol–water partition coefficient (Wildman–Crippen LogP) is 4.55. The molecular weight excluding hydrogens is 549 g/mol. The molecular formula is C26H27Cl2N5O6. The molecule has 0 bridgehead atoms. The van der Waals surface area contributed by atoms with Gasteiger partial charge in [-0.05, 0) is 49.5 Å². The fourth-order valence-corrected chi connectivity index (χ4v) is 3.62. The number of halogens is 2. The number of likely N-dealkylation sites (N-methyl/N-ethyl adjacent to an activating group) is 1. The van der Waals surface area contributed by atoms with Crippen molar-refractivity contribution in [2.45, 2.75) is 6.61 Å². The molecule has 0 saturated carbocycles. The number of amides is 2. The summed E-state index contributed by atoms with van der Waals surface area (Å²) < 4.78 is 15.9. The van der Waals surface area contributed by atoms with E-state index in [9.17, 15) is 14.4 Å². The Morgan fingerprint density at radius 3 is 2.54 bits per heavy atom. The first-order valence-electron chi connectivity index (χ1n) is 11.6. The first-order valence-corrected chi connectivity index (χ1v) is 12.3. The van der Waals surface area contributed by atoms with Gasteiger partial charge in [-0.2, -0.15) is 0 Å². The maximum absolute atomic E-state index is 12.8. The SMILES string of the molecule is CNCC(=O)OCc1cccnc1N(C)C(=O)OCNc1cc(C(=O)Nc2ccc(Cl)c(Cl)c2)ccc1OC. The third kappa shape index (κ3) is 8.21. The third-order valence-corrected chi connectivity index (χ3v) is 6.01. The van der Waals surface area contributed by atoms with Gasteiger partial charge in [0.1, 0.15) is 18.2 Å². The van der Waals surface area contributed by atoms with Gasteiger partial charge in [0.15, 0.2) is 6.73 Å². The minimum atomic E-state index is -0.712. The molecule has 3 aromatic rings. The number of ether oxygens (including phenoxy) is 3. The fraction of sp³-hybridized carbons (Fsp3) is 0.231. The number of carbonyl (C=O) groups excluding carboxylic acids is 3. The van der Waals surface area contributed by atoms with Crippen molar-refractivity contribution in [2.75, 3.05) is 50.0 Å². The minimum Gasteiger partial charge on any atom is -0.495 e. The van der Waals surface area contributed by atoms with Crippen molar-refractivity contribution < 1.29 is 28.6 Å². The van der Waals surface area contributed by atoms with E-state index in [0.29, 0.717) is 38.3 Å². The van der Waals surface area contributed by atoms with Crippen LogP contribution in [0, 0.1) is 0 Å². The second-order valence-electron chi connectivity index (χ2n) is 7.97. The third-order valence-electron chi connectivity index (χ3n) is 5.27. The molecule has 1 heterocycles. The molecule has 0 radical (unpaired) electrons. The summed E-state index contributed by atoms with van der Waals surface area (Å²) >= 11 is 11.9. The number of aromatic nitrogens is 1. The van der Waals surface area contributed by atoms with E-state index in [2.05, 4.69) is 20.9 Å². The molecule has 2 amide bonds. The van der Waals surface area contributed by atoms with Crippen molar-refractivity contribution in [2.24, 2.45) is 0 Å². The van der Waals surface area contributed by atoms with Crippen LogP contribution in [-0.2, 0) is 20.9 Å². The van der Waals surface area contributed by atoms with Crippen molar-refractivity contribution >= 4 is 58.4 Å². The van der Waals surface area contributed by atoms with Crippen LogP contribution in [0.2, 0.25) is 10.0 Å². The van der Waals surface area contributed by atoms with Crippen LogP contribution < -0.4 is 25.6 Å². The van der Waals surface area contributed by atoms with E-state index < -0.39 is 18.0 Å². The van der Waals surface area contributed by atoms with E-state index in [1.165, 1.54) is 25.3 Å². The van der Waals surface area contributed by atoms with Crippen LogP contribution in [0.25, 0.3) is 0 Å². The Kier molecular flexibility index (Phi) is 10.7. The molecule has 39 heavy (non-hydrogen) atoms. The lowest BCUT2D eigenvalue weighted by atomic mass is 10.1. The lowest BCUT2D eigenvalue weighted by Gasteiger charge is -2.20. The smallest absolute Gasteiger partial charge is 0.416 e. The summed E-state index contributed by atoms with van der Waals surface area (Å²) in [6.07, 6.45) is 0.798. The number of hydrogen-bond acceptors (Lipinski definition) is 9. The first kappa shape index (κ1) is 29.5. The molecule has 0 spiro atoms. The maximum Gasteiger partial charge on any atom is 0.416 e. The number of hydrogen-bond donors (Lipinski definition) is 3. The Bertz CT molecular complexity index is 1340. The Morgan fingerprint density at radius 1 is 1.03 bits per heavy atom. The van der Waals surface area contributed by atoms with Gasteiger partial charge >= 0.3 is 12.1 Å². The number of pyridine rings is 1. The van der Waals surface area contributed by atoms with Crippen LogP contribution in [-0.4, -0.2) is 57.4 Å². The molecule has 3 rings (SSSR count). The largest absolute Gasteiger partial charge is 0.495 e. The van der Waals surface area contributed by atoms with Crippen molar-refractivity contribution in [3.63, 3.8) is 0 Å². The highest BCUT2D eigenvalue weighted by atomic mass is 35.5. The first-order chi connectivity index (χ1) is 18.7. The van der Waals surface area contributed by atoms with Crippen molar-refractivity contribution in [1.82, 2.24) is 10.3 Å². The monoisotopic (exact) mass is 575 g/mol. The van der Waals surface area contributed by atoms with Crippen LogP contribution >= 0.6 is 23.2 Å².